The molecule has 0 radical (unpaired) electrons. The van der Waals surface area contributed by atoms with Crippen molar-refractivity contribution < 1.29 is 0 Å². The first kappa shape index (κ1) is 35.0. The summed E-state index contributed by atoms with van der Waals surface area (Å²) in [4.78, 5) is 0. The lowest BCUT2D eigenvalue weighted by Gasteiger charge is -2.34. The summed E-state index contributed by atoms with van der Waals surface area (Å²) < 4.78 is 7.43. The van der Waals surface area contributed by atoms with E-state index in [-0.39, 0.29) is 10.8 Å². The molecule has 4 heterocycles. The molecule has 0 unspecified atom stereocenters. The molecule has 298 valence electrons. The van der Waals surface area contributed by atoms with Gasteiger partial charge in [0.25, 0.3) is 0 Å². The van der Waals surface area contributed by atoms with Crippen molar-refractivity contribution in [1.29, 1.82) is 0 Å². The summed E-state index contributed by atoms with van der Waals surface area (Å²) in [7, 11) is 0. The van der Waals surface area contributed by atoms with E-state index in [1.165, 1.54) is 127 Å². The van der Waals surface area contributed by atoms with Gasteiger partial charge >= 0.3 is 0 Å². The van der Waals surface area contributed by atoms with Gasteiger partial charge in [-0.15, -0.1) is 0 Å². The number of para-hydroxylation sites is 4. The van der Waals surface area contributed by atoms with Gasteiger partial charge < -0.3 is 13.7 Å². The highest BCUT2D eigenvalue weighted by Gasteiger charge is 2.37. The van der Waals surface area contributed by atoms with Crippen LogP contribution in [-0.2, 0) is 10.8 Å². The van der Waals surface area contributed by atoms with Crippen LogP contribution in [0, 0.1) is 0 Å². The number of benzene rings is 9. The molecule has 3 aromatic heterocycles. The van der Waals surface area contributed by atoms with Gasteiger partial charge in [-0.1, -0.05) is 137 Å². The van der Waals surface area contributed by atoms with Crippen LogP contribution in [0.3, 0.4) is 0 Å². The summed E-state index contributed by atoms with van der Waals surface area (Å²) in [6.07, 6.45) is 0. The maximum absolute atomic E-state index is 2.52. The van der Waals surface area contributed by atoms with E-state index < -0.39 is 0 Å². The van der Waals surface area contributed by atoms with Gasteiger partial charge in [0.1, 0.15) is 0 Å². The van der Waals surface area contributed by atoms with Crippen molar-refractivity contribution in [3.8, 4) is 39.3 Å². The van der Waals surface area contributed by atoms with Crippen LogP contribution >= 0.6 is 0 Å². The second kappa shape index (κ2) is 12.1. The van der Waals surface area contributed by atoms with Gasteiger partial charge in [0.2, 0.25) is 0 Å². The van der Waals surface area contributed by atoms with Crippen LogP contribution in [0.15, 0.2) is 188 Å². The molecule has 0 atom stereocenters. The third kappa shape index (κ3) is 4.49. The standard InChI is InChI=1S/C60H43N3/c1-59(2)48-20-10-8-17-40(48)43-34-47-45-32-37(36-26-29-55-44(31-36)42-19-14-22-50-58(42)63(55)56-24-13-11-21-49(56)60(50,3)4)25-28-53(45)62(57(47)35-51(43)59)39-27-30-54-46(33-39)41-18-9-12-23-52(41)61(54)38-15-6-5-7-16-38/h5-35H,1-4H3. The number of aromatic nitrogens is 3. The fourth-order valence-electron chi connectivity index (χ4n) is 12.0. The second-order valence-corrected chi connectivity index (χ2v) is 19.0. The van der Waals surface area contributed by atoms with Crippen LogP contribution in [0.5, 0.6) is 0 Å². The molecule has 0 saturated heterocycles. The minimum absolute atomic E-state index is 0.0953. The Labute approximate surface area is 365 Å². The molecule has 0 amide bonds. The number of rotatable bonds is 3. The van der Waals surface area contributed by atoms with Crippen molar-refractivity contribution in [3.63, 3.8) is 0 Å². The van der Waals surface area contributed by atoms with Crippen molar-refractivity contribution in [2.75, 3.05) is 0 Å². The highest BCUT2D eigenvalue weighted by molar-refractivity contribution is 6.16. The maximum Gasteiger partial charge on any atom is 0.0582 e. The second-order valence-electron chi connectivity index (χ2n) is 19.0. The number of hydrogen-bond donors (Lipinski definition) is 0. The Kier molecular flexibility index (Phi) is 6.70. The van der Waals surface area contributed by atoms with Gasteiger partial charge in [-0.05, 0) is 123 Å². The fourth-order valence-corrected chi connectivity index (χ4v) is 12.0. The van der Waals surface area contributed by atoms with Crippen molar-refractivity contribution in [2.24, 2.45) is 0 Å². The molecule has 12 aromatic rings. The molecule has 1 aliphatic carbocycles. The van der Waals surface area contributed by atoms with Crippen molar-refractivity contribution >= 4 is 65.4 Å². The summed E-state index contributed by atoms with van der Waals surface area (Å²) in [5.74, 6) is 0. The fraction of sp³-hybridized carbons (Fsp3) is 0.100. The van der Waals surface area contributed by atoms with Gasteiger partial charge in [-0.25, -0.2) is 0 Å². The molecule has 3 nitrogen and oxygen atoms in total. The van der Waals surface area contributed by atoms with E-state index in [9.17, 15) is 0 Å². The lowest BCUT2D eigenvalue weighted by atomic mass is 9.75. The molecule has 14 rings (SSSR count). The third-order valence-electron chi connectivity index (χ3n) is 15.0. The zero-order chi connectivity index (χ0) is 41.9. The lowest BCUT2D eigenvalue weighted by Crippen LogP contribution is -2.26. The molecular weight excluding hydrogens is 763 g/mol. The van der Waals surface area contributed by atoms with Crippen molar-refractivity contribution in [2.45, 2.75) is 38.5 Å². The van der Waals surface area contributed by atoms with Crippen LogP contribution in [-0.4, -0.2) is 13.7 Å². The molecule has 0 fully saturated rings. The van der Waals surface area contributed by atoms with E-state index in [4.69, 9.17) is 0 Å². The molecule has 0 saturated carbocycles. The van der Waals surface area contributed by atoms with E-state index in [0.717, 1.165) is 0 Å². The van der Waals surface area contributed by atoms with Gasteiger partial charge in [-0.3, -0.25) is 0 Å². The molecule has 0 N–H and O–H groups in total. The molecule has 1 aliphatic heterocycles. The minimum atomic E-state index is -0.120. The Balaban J connectivity index is 1.02. The highest BCUT2D eigenvalue weighted by Crippen LogP contribution is 2.52. The molecule has 2 aliphatic rings. The molecular formula is C60H43N3. The quantitative estimate of drug-likeness (QED) is 0.169. The Hall–Kier alpha value is -7.62. The van der Waals surface area contributed by atoms with E-state index in [1.807, 2.05) is 0 Å². The zero-order valence-corrected chi connectivity index (χ0v) is 35.7. The van der Waals surface area contributed by atoms with Gasteiger partial charge in [0.15, 0.2) is 0 Å². The Morgan fingerprint density at radius 1 is 0.302 bits per heavy atom. The maximum atomic E-state index is 2.52. The monoisotopic (exact) mass is 805 g/mol. The average Bonchev–Trinajstić information content (AvgIpc) is 4.01. The topological polar surface area (TPSA) is 14.8 Å². The highest BCUT2D eigenvalue weighted by atomic mass is 15.0. The molecule has 9 aromatic carbocycles. The van der Waals surface area contributed by atoms with E-state index in [0.29, 0.717) is 0 Å². The summed E-state index contributed by atoms with van der Waals surface area (Å²) in [6, 6.07) is 70.8. The molecule has 0 spiro atoms. The molecule has 3 heteroatoms. The van der Waals surface area contributed by atoms with Crippen LogP contribution in [0.25, 0.3) is 105 Å². The summed E-state index contributed by atoms with van der Waals surface area (Å²) in [5, 5.41) is 7.64. The van der Waals surface area contributed by atoms with Crippen LogP contribution < -0.4 is 0 Å². The SMILES string of the molecule is CC1(C)c2ccccc2-c2cc3c4cc(-c5ccc6c(c5)c5cccc7c5n6-c5ccccc5C7(C)C)ccc4n(-c4ccc5c(c4)c4ccccc4n5-c4ccccc4)c3cc21. The normalized spacial score (nSPS) is 14.6. The Morgan fingerprint density at radius 3 is 1.67 bits per heavy atom. The Bertz CT molecular complexity index is 3960. The van der Waals surface area contributed by atoms with Crippen molar-refractivity contribution in [3.05, 3.63) is 210 Å². The third-order valence-corrected chi connectivity index (χ3v) is 15.0. The van der Waals surface area contributed by atoms with E-state index in [2.05, 4.69) is 229 Å². The first-order chi connectivity index (χ1) is 30.8. The number of fused-ring (bicyclic) bond motifs is 14. The predicted octanol–water partition coefficient (Wildman–Crippen LogP) is 15.6. The largest absolute Gasteiger partial charge is 0.309 e. The van der Waals surface area contributed by atoms with Gasteiger partial charge in [-0.2, -0.15) is 0 Å². The summed E-state index contributed by atoms with van der Waals surface area (Å²) in [5.41, 5.74) is 21.5. The molecule has 63 heavy (non-hydrogen) atoms. The van der Waals surface area contributed by atoms with E-state index in [1.54, 1.807) is 0 Å². The lowest BCUT2D eigenvalue weighted by molar-refractivity contribution is 0.630. The number of nitrogens with zero attached hydrogens (tertiary/aromatic N) is 3. The Morgan fingerprint density at radius 2 is 0.857 bits per heavy atom. The van der Waals surface area contributed by atoms with Gasteiger partial charge in [0.05, 0.1) is 38.8 Å². The average molecular weight is 806 g/mol. The first-order valence-electron chi connectivity index (χ1n) is 22.3. The summed E-state index contributed by atoms with van der Waals surface area (Å²) >= 11 is 0. The van der Waals surface area contributed by atoms with Crippen LogP contribution in [0.2, 0.25) is 0 Å². The molecule has 0 bridgehead atoms. The first-order valence-corrected chi connectivity index (χ1v) is 22.3. The van der Waals surface area contributed by atoms with Crippen molar-refractivity contribution in [1.82, 2.24) is 13.7 Å². The van der Waals surface area contributed by atoms with Crippen LogP contribution in [0.4, 0.5) is 0 Å². The summed E-state index contributed by atoms with van der Waals surface area (Å²) in [6.45, 7) is 9.51. The zero-order valence-electron chi connectivity index (χ0n) is 35.7. The van der Waals surface area contributed by atoms with Gasteiger partial charge in [0, 0.05) is 54.5 Å². The minimum Gasteiger partial charge on any atom is -0.309 e. The smallest absolute Gasteiger partial charge is 0.0582 e. The van der Waals surface area contributed by atoms with Crippen LogP contribution in [0.1, 0.15) is 49.9 Å². The van der Waals surface area contributed by atoms with E-state index >= 15 is 0 Å². The number of hydrogen-bond acceptors (Lipinski definition) is 0. The predicted molar refractivity (Wildman–Crippen MR) is 265 cm³/mol.